The van der Waals surface area contributed by atoms with E-state index in [4.69, 9.17) is 16.7 Å². The van der Waals surface area contributed by atoms with E-state index in [9.17, 15) is 9.90 Å². The van der Waals surface area contributed by atoms with Crippen LogP contribution in [0, 0.1) is 0 Å². The van der Waals surface area contributed by atoms with Gasteiger partial charge in [0.15, 0.2) is 0 Å². The van der Waals surface area contributed by atoms with Gasteiger partial charge in [0.1, 0.15) is 5.82 Å². The molecule has 0 spiro atoms. The van der Waals surface area contributed by atoms with E-state index < -0.39 is 5.97 Å². The largest absolute Gasteiger partial charge is 0.478 e. The van der Waals surface area contributed by atoms with Crippen molar-refractivity contribution in [2.45, 2.75) is 24.8 Å². The molecule has 1 heterocycles. The van der Waals surface area contributed by atoms with Crippen molar-refractivity contribution in [3.8, 4) is 0 Å². The second kappa shape index (κ2) is 4.50. The molecule has 0 radical (unpaired) electrons. The normalized spacial score (nSPS) is 17.3. The first-order chi connectivity index (χ1) is 8.06. The average molecular weight is 257 g/mol. The number of nitrogens with one attached hydrogen (secondary N) is 1. The van der Waals surface area contributed by atoms with Crippen molar-refractivity contribution in [1.82, 2.24) is 4.98 Å². The molecule has 0 amide bonds. The van der Waals surface area contributed by atoms with Crippen LogP contribution in [-0.2, 0) is 0 Å². The molecule has 0 atom stereocenters. The Kier molecular flexibility index (Phi) is 3.22. The third-order valence-corrected chi connectivity index (χ3v) is 3.37. The Hall–Kier alpha value is -1.33. The molecule has 0 bridgehead atoms. The summed E-state index contributed by atoms with van der Waals surface area (Å²) < 4.78 is 0. The van der Waals surface area contributed by atoms with Crippen LogP contribution in [0.15, 0.2) is 12.3 Å². The van der Waals surface area contributed by atoms with Gasteiger partial charge in [0.05, 0.1) is 22.7 Å². The molecule has 1 saturated carbocycles. The number of carboxylic acids is 1. The molecule has 1 aliphatic rings. The van der Waals surface area contributed by atoms with Crippen LogP contribution in [0.1, 0.15) is 29.6 Å². The molecule has 0 saturated heterocycles. The number of aromatic carboxylic acids is 1. The van der Waals surface area contributed by atoms with E-state index in [1.165, 1.54) is 12.3 Å². The van der Waals surface area contributed by atoms with Crippen molar-refractivity contribution >= 4 is 23.4 Å². The van der Waals surface area contributed by atoms with Crippen molar-refractivity contribution in [2.75, 3.05) is 11.9 Å². The Bertz CT molecular complexity index is 441. The summed E-state index contributed by atoms with van der Waals surface area (Å²) >= 11 is 5.95. The molecule has 3 N–H and O–H groups in total. The van der Waals surface area contributed by atoms with Crippen LogP contribution in [-0.4, -0.2) is 33.3 Å². The number of carbonyl (C=O) groups is 1. The number of rotatable bonds is 4. The number of aliphatic hydroxyl groups excluding tert-OH is 1. The third kappa shape index (κ3) is 2.35. The lowest BCUT2D eigenvalue weighted by Gasteiger charge is -2.41. The van der Waals surface area contributed by atoms with Gasteiger partial charge in [0.25, 0.3) is 0 Å². The van der Waals surface area contributed by atoms with Crippen molar-refractivity contribution in [1.29, 1.82) is 0 Å². The molecule has 1 aliphatic carbocycles. The Balaban J connectivity index is 2.19. The van der Waals surface area contributed by atoms with Crippen molar-refractivity contribution in [3.05, 3.63) is 22.8 Å². The summed E-state index contributed by atoms with van der Waals surface area (Å²) in [6, 6.07) is 1.35. The van der Waals surface area contributed by atoms with Crippen LogP contribution in [0.5, 0.6) is 0 Å². The molecule has 17 heavy (non-hydrogen) atoms. The monoisotopic (exact) mass is 256 g/mol. The number of anilines is 1. The first-order valence-electron chi connectivity index (χ1n) is 5.34. The first-order valence-corrected chi connectivity index (χ1v) is 5.72. The molecule has 5 nitrogen and oxygen atoms in total. The molecule has 0 aliphatic heterocycles. The van der Waals surface area contributed by atoms with E-state index >= 15 is 0 Å². The summed E-state index contributed by atoms with van der Waals surface area (Å²) in [5.41, 5.74) is -0.298. The molecule has 1 fully saturated rings. The molecule has 2 rings (SSSR count). The topological polar surface area (TPSA) is 82.5 Å². The fourth-order valence-electron chi connectivity index (χ4n) is 1.82. The van der Waals surface area contributed by atoms with Crippen molar-refractivity contribution in [2.24, 2.45) is 0 Å². The average Bonchev–Trinajstić information content (AvgIpc) is 2.25. The van der Waals surface area contributed by atoms with Gasteiger partial charge in [0, 0.05) is 6.20 Å². The lowest BCUT2D eigenvalue weighted by atomic mass is 9.77. The van der Waals surface area contributed by atoms with E-state index in [1.54, 1.807) is 0 Å². The highest BCUT2D eigenvalue weighted by Gasteiger charge is 2.36. The molecule has 1 aromatic heterocycles. The minimum Gasteiger partial charge on any atom is -0.478 e. The van der Waals surface area contributed by atoms with Gasteiger partial charge in [-0.1, -0.05) is 11.6 Å². The van der Waals surface area contributed by atoms with Gasteiger partial charge in [-0.05, 0) is 25.3 Å². The summed E-state index contributed by atoms with van der Waals surface area (Å²) in [5.74, 6) is -0.642. The van der Waals surface area contributed by atoms with Crippen LogP contribution < -0.4 is 5.32 Å². The Morgan fingerprint density at radius 1 is 1.59 bits per heavy atom. The molecule has 0 aromatic carbocycles. The number of aliphatic hydroxyl groups is 1. The zero-order valence-electron chi connectivity index (χ0n) is 9.11. The molecule has 0 unspecified atom stereocenters. The zero-order valence-corrected chi connectivity index (χ0v) is 9.87. The minimum atomic E-state index is -1.06. The highest BCUT2D eigenvalue weighted by atomic mass is 35.5. The van der Waals surface area contributed by atoms with Crippen LogP contribution in [0.25, 0.3) is 0 Å². The smallest absolute Gasteiger partial charge is 0.337 e. The van der Waals surface area contributed by atoms with Crippen LogP contribution in [0.3, 0.4) is 0 Å². The molecular formula is C11H13ClN2O3. The SMILES string of the molecule is O=C(O)c1cnc(NC2(CO)CCC2)c(Cl)c1. The van der Waals surface area contributed by atoms with E-state index in [2.05, 4.69) is 10.3 Å². The van der Waals surface area contributed by atoms with Crippen LogP contribution >= 0.6 is 11.6 Å². The van der Waals surface area contributed by atoms with Crippen LogP contribution in [0.2, 0.25) is 5.02 Å². The van der Waals surface area contributed by atoms with E-state index in [1.807, 2.05) is 0 Å². The van der Waals surface area contributed by atoms with Gasteiger partial charge in [-0.2, -0.15) is 0 Å². The van der Waals surface area contributed by atoms with E-state index in [0.717, 1.165) is 19.3 Å². The number of nitrogens with zero attached hydrogens (tertiary/aromatic N) is 1. The predicted octanol–water partition coefficient (Wildman–Crippen LogP) is 1.76. The molecule has 6 heteroatoms. The van der Waals surface area contributed by atoms with Gasteiger partial charge >= 0.3 is 5.97 Å². The maximum absolute atomic E-state index is 10.7. The lowest BCUT2D eigenvalue weighted by molar-refractivity contribution is 0.0696. The number of hydrogen-bond donors (Lipinski definition) is 3. The summed E-state index contributed by atoms with van der Waals surface area (Å²) in [6.45, 7) is 0.0195. The van der Waals surface area contributed by atoms with Gasteiger partial charge in [-0.3, -0.25) is 0 Å². The molecule has 92 valence electrons. The number of hydrogen-bond acceptors (Lipinski definition) is 4. The minimum absolute atomic E-state index is 0.0195. The van der Waals surface area contributed by atoms with Crippen molar-refractivity contribution in [3.63, 3.8) is 0 Å². The highest BCUT2D eigenvalue weighted by Crippen LogP contribution is 2.36. The molecular weight excluding hydrogens is 244 g/mol. The summed E-state index contributed by atoms with van der Waals surface area (Å²) in [5, 5.41) is 21.4. The number of carboxylic acid groups (broad SMARTS) is 1. The Morgan fingerprint density at radius 3 is 2.71 bits per heavy atom. The third-order valence-electron chi connectivity index (χ3n) is 3.09. The summed E-state index contributed by atoms with van der Waals surface area (Å²) in [7, 11) is 0. The Labute approximate surface area is 103 Å². The first kappa shape index (κ1) is 12.1. The second-order valence-electron chi connectivity index (χ2n) is 4.28. The lowest BCUT2D eigenvalue weighted by Crippen LogP contribution is -2.48. The van der Waals surface area contributed by atoms with Gasteiger partial charge in [-0.15, -0.1) is 0 Å². The standard InChI is InChI=1S/C11H13ClN2O3/c12-8-4-7(10(16)17)5-13-9(8)14-11(6-15)2-1-3-11/h4-5,15H,1-3,6H2,(H,13,14)(H,16,17). The fourth-order valence-corrected chi connectivity index (χ4v) is 2.04. The number of halogens is 1. The Morgan fingerprint density at radius 2 is 2.29 bits per heavy atom. The van der Waals surface area contributed by atoms with E-state index in [0.29, 0.717) is 5.82 Å². The fraction of sp³-hybridized carbons (Fsp3) is 0.455. The van der Waals surface area contributed by atoms with Gasteiger partial charge in [-0.25, -0.2) is 9.78 Å². The second-order valence-corrected chi connectivity index (χ2v) is 4.68. The summed E-state index contributed by atoms with van der Waals surface area (Å²) in [4.78, 5) is 14.7. The maximum atomic E-state index is 10.7. The van der Waals surface area contributed by atoms with Gasteiger partial charge < -0.3 is 15.5 Å². The van der Waals surface area contributed by atoms with Crippen LogP contribution in [0.4, 0.5) is 5.82 Å². The molecule has 1 aromatic rings. The zero-order chi connectivity index (χ0) is 12.5. The highest BCUT2D eigenvalue weighted by molar-refractivity contribution is 6.33. The quantitative estimate of drug-likeness (QED) is 0.765. The predicted molar refractivity (Wildman–Crippen MR) is 63.5 cm³/mol. The van der Waals surface area contributed by atoms with Crippen molar-refractivity contribution < 1.29 is 15.0 Å². The number of pyridine rings is 1. The van der Waals surface area contributed by atoms with E-state index in [-0.39, 0.29) is 22.7 Å². The summed E-state index contributed by atoms with van der Waals surface area (Å²) in [6.07, 6.45) is 4.03. The van der Waals surface area contributed by atoms with Gasteiger partial charge in [0.2, 0.25) is 0 Å². The number of aromatic nitrogens is 1. The maximum Gasteiger partial charge on any atom is 0.337 e.